The number of pyridine rings is 1. The number of ether oxygens (including phenoxy) is 1. The number of rotatable bonds is 8. The van der Waals surface area contributed by atoms with E-state index in [9.17, 15) is 9.59 Å². The molecule has 2 amide bonds. The molecule has 6 heteroatoms. The molecule has 0 radical (unpaired) electrons. The Morgan fingerprint density at radius 3 is 2.46 bits per heavy atom. The van der Waals surface area contributed by atoms with Crippen LogP contribution < -0.4 is 10.1 Å². The second-order valence-corrected chi connectivity index (χ2v) is 5.95. The third kappa shape index (κ3) is 5.31. The first-order valence-electron chi connectivity index (χ1n) is 8.79. The Kier molecular flexibility index (Phi) is 7.14. The summed E-state index contributed by atoms with van der Waals surface area (Å²) in [6.45, 7) is 5.26. The summed E-state index contributed by atoms with van der Waals surface area (Å²) in [5.41, 5.74) is 1.40. The molecule has 2 rings (SSSR count). The summed E-state index contributed by atoms with van der Waals surface area (Å²) in [4.78, 5) is 30.5. The van der Waals surface area contributed by atoms with Crippen LogP contribution in [0.2, 0.25) is 0 Å². The van der Waals surface area contributed by atoms with Crippen LogP contribution in [0.4, 0.5) is 5.69 Å². The molecule has 26 heavy (non-hydrogen) atoms. The van der Waals surface area contributed by atoms with Gasteiger partial charge in [0.1, 0.15) is 5.75 Å². The van der Waals surface area contributed by atoms with Gasteiger partial charge >= 0.3 is 0 Å². The Labute approximate surface area is 154 Å². The number of nitrogens with one attached hydrogen (secondary N) is 1. The minimum absolute atomic E-state index is 0.137. The molecule has 0 aliphatic heterocycles. The van der Waals surface area contributed by atoms with Crippen molar-refractivity contribution in [2.45, 2.75) is 26.7 Å². The van der Waals surface area contributed by atoms with E-state index in [1.165, 1.54) is 12.4 Å². The quantitative estimate of drug-likeness (QED) is 0.785. The highest BCUT2D eigenvalue weighted by Crippen LogP contribution is 2.16. The Balaban J connectivity index is 2.06. The van der Waals surface area contributed by atoms with Crippen LogP contribution >= 0.6 is 0 Å². The van der Waals surface area contributed by atoms with Crippen LogP contribution in [0.1, 0.15) is 47.4 Å². The standard InChI is InChI=1S/C20H25N3O3/c1-4-6-11-23(3)20(25)16-12-15(13-21-14-16)19(24)22-17-7-9-18(10-8-17)26-5-2/h7-10,12-14H,4-6,11H2,1-3H3,(H,22,24). The van der Waals surface area contributed by atoms with Crippen LogP contribution in [-0.4, -0.2) is 41.9 Å². The summed E-state index contributed by atoms with van der Waals surface area (Å²) in [5.74, 6) is 0.295. The van der Waals surface area contributed by atoms with Gasteiger partial charge in [-0.15, -0.1) is 0 Å². The maximum absolute atomic E-state index is 12.4. The van der Waals surface area contributed by atoms with Crippen molar-refractivity contribution in [2.75, 3.05) is 25.5 Å². The van der Waals surface area contributed by atoms with E-state index in [2.05, 4.69) is 17.2 Å². The average Bonchev–Trinajstić information content (AvgIpc) is 2.67. The number of aromatic nitrogens is 1. The molecular formula is C20H25N3O3. The Hall–Kier alpha value is -2.89. The Morgan fingerprint density at radius 1 is 1.12 bits per heavy atom. The lowest BCUT2D eigenvalue weighted by Gasteiger charge is -2.16. The molecule has 1 heterocycles. The highest BCUT2D eigenvalue weighted by atomic mass is 16.5. The lowest BCUT2D eigenvalue weighted by atomic mass is 10.1. The first kappa shape index (κ1) is 19.4. The van der Waals surface area contributed by atoms with Gasteiger partial charge in [-0.25, -0.2) is 0 Å². The van der Waals surface area contributed by atoms with E-state index in [-0.39, 0.29) is 11.8 Å². The van der Waals surface area contributed by atoms with Crippen LogP contribution in [-0.2, 0) is 0 Å². The monoisotopic (exact) mass is 355 g/mol. The molecule has 0 atom stereocenters. The highest BCUT2D eigenvalue weighted by molar-refractivity contribution is 6.05. The van der Waals surface area contributed by atoms with Gasteiger partial charge in [0.2, 0.25) is 0 Å². The van der Waals surface area contributed by atoms with Gasteiger partial charge in [0.05, 0.1) is 17.7 Å². The molecule has 0 aliphatic rings. The smallest absolute Gasteiger partial charge is 0.257 e. The molecule has 138 valence electrons. The molecule has 6 nitrogen and oxygen atoms in total. The zero-order valence-corrected chi connectivity index (χ0v) is 15.5. The number of anilines is 1. The number of hydrogen-bond acceptors (Lipinski definition) is 4. The van der Waals surface area contributed by atoms with Crippen LogP contribution in [0.3, 0.4) is 0 Å². The number of hydrogen-bond donors (Lipinski definition) is 1. The van der Waals surface area contributed by atoms with E-state index >= 15 is 0 Å². The van der Waals surface area contributed by atoms with Crippen molar-refractivity contribution in [2.24, 2.45) is 0 Å². The Bertz CT molecular complexity index is 744. The van der Waals surface area contributed by atoms with E-state index in [1.54, 1.807) is 42.3 Å². The molecule has 0 fully saturated rings. The zero-order chi connectivity index (χ0) is 18.9. The fourth-order valence-electron chi connectivity index (χ4n) is 2.40. The van der Waals surface area contributed by atoms with Crippen LogP contribution in [0.5, 0.6) is 5.75 Å². The van der Waals surface area contributed by atoms with Crippen molar-refractivity contribution in [3.63, 3.8) is 0 Å². The van der Waals surface area contributed by atoms with Crippen molar-refractivity contribution >= 4 is 17.5 Å². The number of amides is 2. The van der Waals surface area contributed by atoms with Gasteiger partial charge < -0.3 is 15.0 Å². The lowest BCUT2D eigenvalue weighted by molar-refractivity contribution is 0.0793. The van der Waals surface area contributed by atoms with Gasteiger partial charge in [0.15, 0.2) is 0 Å². The maximum Gasteiger partial charge on any atom is 0.257 e. The van der Waals surface area contributed by atoms with Gasteiger partial charge in [-0.1, -0.05) is 13.3 Å². The SMILES string of the molecule is CCCCN(C)C(=O)c1cncc(C(=O)Nc2ccc(OCC)cc2)c1. The van der Waals surface area contributed by atoms with E-state index in [0.717, 1.165) is 18.6 Å². The molecule has 0 aliphatic carbocycles. The second-order valence-electron chi connectivity index (χ2n) is 5.95. The van der Waals surface area contributed by atoms with Crippen LogP contribution in [0.15, 0.2) is 42.7 Å². The summed E-state index contributed by atoms with van der Waals surface area (Å²) in [6, 6.07) is 8.69. The summed E-state index contributed by atoms with van der Waals surface area (Å²) >= 11 is 0. The summed E-state index contributed by atoms with van der Waals surface area (Å²) in [6.07, 6.45) is 4.89. The molecule has 1 N–H and O–H groups in total. The number of carbonyl (C=O) groups is 2. The van der Waals surface area contributed by atoms with Crippen molar-refractivity contribution in [3.8, 4) is 5.75 Å². The van der Waals surface area contributed by atoms with E-state index in [4.69, 9.17) is 4.74 Å². The van der Waals surface area contributed by atoms with Crippen molar-refractivity contribution in [1.29, 1.82) is 0 Å². The molecule has 2 aromatic rings. The molecule has 1 aromatic carbocycles. The molecule has 0 saturated carbocycles. The predicted molar refractivity (Wildman–Crippen MR) is 102 cm³/mol. The number of benzene rings is 1. The van der Waals surface area contributed by atoms with Crippen LogP contribution in [0, 0.1) is 0 Å². The van der Waals surface area contributed by atoms with Gasteiger partial charge in [-0.2, -0.15) is 0 Å². The fourth-order valence-corrected chi connectivity index (χ4v) is 2.40. The minimum Gasteiger partial charge on any atom is -0.494 e. The van der Waals surface area contributed by atoms with Gasteiger partial charge in [0, 0.05) is 31.7 Å². The molecule has 0 bridgehead atoms. The first-order chi connectivity index (χ1) is 12.5. The topological polar surface area (TPSA) is 71.5 Å². The number of carbonyl (C=O) groups excluding carboxylic acids is 2. The molecule has 0 saturated heterocycles. The third-order valence-electron chi connectivity index (χ3n) is 3.86. The molecule has 0 spiro atoms. The molecule has 0 unspecified atom stereocenters. The normalized spacial score (nSPS) is 10.3. The van der Waals surface area contributed by atoms with Gasteiger partial charge in [0.25, 0.3) is 11.8 Å². The number of unbranched alkanes of at least 4 members (excludes halogenated alkanes) is 1. The van der Waals surface area contributed by atoms with Crippen LogP contribution in [0.25, 0.3) is 0 Å². The average molecular weight is 355 g/mol. The number of nitrogens with zero attached hydrogens (tertiary/aromatic N) is 2. The van der Waals surface area contributed by atoms with E-state index in [0.29, 0.717) is 30.0 Å². The zero-order valence-electron chi connectivity index (χ0n) is 15.5. The van der Waals surface area contributed by atoms with Crippen molar-refractivity contribution in [3.05, 3.63) is 53.9 Å². The second kappa shape index (κ2) is 9.56. The summed E-state index contributed by atoms with van der Waals surface area (Å²) < 4.78 is 5.38. The van der Waals surface area contributed by atoms with Crippen molar-refractivity contribution < 1.29 is 14.3 Å². The summed E-state index contributed by atoms with van der Waals surface area (Å²) in [7, 11) is 1.75. The third-order valence-corrected chi connectivity index (χ3v) is 3.86. The summed E-state index contributed by atoms with van der Waals surface area (Å²) in [5, 5.41) is 2.80. The Morgan fingerprint density at radius 2 is 1.81 bits per heavy atom. The minimum atomic E-state index is -0.312. The van der Waals surface area contributed by atoms with E-state index < -0.39 is 0 Å². The predicted octanol–water partition coefficient (Wildman–Crippen LogP) is 3.60. The van der Waals surface area contributed by atoms with Crippen molar-refractivity contribution in [1.82, 2.24) is 9.88 Å². The fraction of sp³-hybridized carbons (Fsp3) is 0.350. The lowest BCUT2D eigenvalue weighted by Crippen LogP contribution is -2.28. The van der Waals surface area contributed by atoms with Gasteiger partial charge in [-0.05, 0) is 43.7 Å². The molecule has 1 aromatic heterocycles. The molecular weight excluding hydrogens is 330 g/mol. The highest BCUT2D eigenvalue weighted by Gasteiger charge is 2.15. The van der Waals surface area contributed by atoms with E-state index in [1.807, 2.05) is 6.92 Å². The maximum atomic E-state index is 12.4. The first-order valence-corrected chi connectivity index (χ1v) is 8.79. The largest absolute Gasteiger partial charge is 0.494 e. The van der Waals surface area contributed by atoms with Gasteiger partial charge in [-0.3, -0.25) is 14.6 Å².